The molecule has 0 fully saturated rings. The molecule has 1 N–H and O–H groups in total. The molecule has 0 atom stereocenters. The molecule has 0 bridgehead atoms. The summed E-state index contributed by atoms with van der Waals surface area (Å²) in [6.45, 7) is 1.50. The summed E-state index contributed by atoms with van der Waals surface area (Å²) in [7, 11) is 0. The first-order valence-corrected chi connectivity index (χ1v) is 5.67. The van der Waals surface area contributed by atoms with Gasteiger partial charge >= 0.3 is 5.97 Å². The average Bonchev–Trinajstić information content (AvgIpc) is 2.27. The lowest BCUT2D eigenvalue weighted by molar-refractivity contribution is -0.384. The third kappa shape index (κ3) is 4.92. The molecule has 0 radical (unpaired) electrons. The summed E-state index contributed by atoms with van der Waals surface area (Å²) < 4.78 is 4.91. The van der Waals surface area contributed by atoms with Gasteiger partial charge in [-0.25, -0.2) is 0 Å². The van der Waals surface area contributed by atoms with Gasteiger partial charge in [0.1, 0.15) is 10.8 Å². The fourth-order valence-corrected chi connectivity index (χ4v) is 1.46. The summed E-state index contributed by atoms with van der Waals surface area (Å²) in [5, 5.41) is 12.9. The van der Waals surface area contributed by atoms with E-state index in [-0.39, 0.29) is 35.3 Å². The Hall–Kier alpha value is -2.15. The van der Waals surface area contributed by atoms with Crippen LogP contribution in [-0.4, -0.2) is 23.3 Å². The standard InChI is InChI=1S/C11H11ClN2O5/c1-7(15)13-5-4-11(16)19-8-2-3-10(14(17)18)9(12)6-8/h2-3,6H,4-5H2,1H3,(H,13,15). The number of nitro benzene ring substituents is 1. The molecule has 0 aliphatic heterocycles. The quantitative estimate of drug-likeness (QED) is 0.384. The van der Waals surface area contributed by atoms with Crippen LogP contribution in [0.2, 0.25) is 5.02 Å². The van der Waals surface area contributed by atoms with Gasteiger partial charge in [0.25, 0.3) is 5.69 Å². The van der Waals surface area contributed by atoms with Crippen LogP contribution in [-0.2, 0) is 9.59 Å². The molecule has 0 heterocycles. The number of nitrogens with one attached hydrogen (secondary N) is 1. The number of ether oxygens (including phenoxy) is 1. The van der Waals surface area contributed by atoms with Gasteiger partial charge in [-0.2, -0.15) is 0 Å². The Labute approximate surface area is 113 Å². The van der Waals surface area contributed by atoms with Gasteiger partial charge < -0.3 is 10.1 Å². The summed E-state index contributed by atoms with van der Waals surface area (Å²) in [6.07, 6.45) is -0.00577. The van der Waals surface area contributed by atoms with Crippen molar-refractivity contribution in [3.05, 3.63) is 33.3 Å². The molecule has 0 aromatic heterocycles. The van der Waals surface area contributed by atoms with E-state index < -0.39 is 10.9 Å². The van der Waals surface area contributed by atoms with E-state index in [2.05, 4.69) is 5.32 Å². The van der Waals surface area contributed by atoms with E-state index in [1.54, 1.807) is 0 Å². The van der Waals surface area contributed by atoms with Crippen LogP contribution in [0.5, 0.6) is 5.75 Å². The Bertz CT molecular complexity index is 518. The van der Waals surface area contributed by atoms with Crippen molar-refractivity contribution in [1.29, 1.82) is 0 Å². The Balaban J connectivity index is 2.58. The number of benzene rings is 1. The lowest BCUT2D eigenvalue weighted by Gasteiger charge is -2.05. The van der Waals surface area contributed by atoms with Crippen molar-refractivity contribution in [1.82, 2.24) is 5.32 Å². The maximum Gasteiger partial charge on any atom is 0.312 e. The number of halogens is 1. The largest absolute Gasteiger partial charge is 0.426 e. The number of amides is 1. The zero-order valence-electron chi connectivity index (χ0n) is 10.0. The van der Waals surface area contributed by atoms with Gasteiger partial charge in [0.05, 0.1) is 11.3 Å². The highest BCUT2D eigenvalue weighted by Crippen LogP contribution is 2.28. The van der Waals surface area contributed by atoms with Gasteiger partial charge in [-0.15, -0.1) is 0 Å². The van der Waals surface area contributed by atoms with Crippen molar-refractivity contribution >= 4 is 29.2 Å². The molecule has 0 aliphatic rings. The van der Waals surface area contributed by atoms with E-state index in [1.807, 2.05) is 0 Å². The molecule has 7 nitrogen and oxygen atoms in total. The Morgan fingerprint density at radius 1 is 1.47 bits per heavy atom. The van der Waals surface area contributed by atoms with Gasteiger partial charge in [0.2, 0.25) is 5.91 Å². The fraction of sp³-hybridized carbons (Fsp3) is 0.273. The zero-order valence-corrected chi connectivity index (χ0v) is 10.8. The molecule has 1 aromatic rings. The molecule has 8 heteroatoms. The van der Waals surface area contributed by atoms with Gasteiger partial charge in [-0.05, 0) is 6.07 Å². The number of carbonyl (C=O) groups excluding carboxylic acids is 2. The molecule has 0 spiro atoms. The first-order chi connectivity index (χ1) is 8.90. The Morgan fingerprint density at radius 2 is 2.16 bits per heavy atom. The van der Waals surface area contributed by atoms with Gasteiger partial charge in [0.15, 0.2) is 0 Å². The molecule has 19 heavy (non-hydrogen) atoms. The van der Waals surface area contributed by atoms with Crippen molar-refractivity contribution in [2.75, 3.05) is 6.54 Å². The van der Waals surface area contributed by atoms with E-state index in [4.69, 9.17) is 16.3 Å². The topological polar surface area (TPSA) is 98.5 Å². The summed E-state index contributed by atoms with van der Waals surface area (Å²) in [5.41, 5.74) is -0.264. The van der Waals surface area contributed by atoms with Crippen molar-refractivity contribution in [2.24, 2.45) is 0 Å². The predicted molar refractivity (Wildman–Crippen MR) is 67.0 cm³/mol. The van der Waals surface area contributed by atoms with E-state index in [1.165, 1.54) is 19.1 Å². The van der Waals surface area contributed by atoms with Crippen molar-refractivity contribution in [3.63, 3.8) is 0 Å². The van der Waals surface area contributed by atoms with Crippen LogP contribution < -0.4 is 10.1 Å². The number of hydrogen-bond donors (Lipinski definition) is 1. The molecule has 1 rings (SSSR count). The molecule has 1 amide bonds. The maximum atomic E-state index is 11.4. The summed E-state index contributed by atoms with van der Waals surface area (Å²) in [4.78, 5) is 31.9. The Morgan fingerprint density at radius 3 is 2.68 bits per heavy atom. The minimum Gasteiger partial charge on any atom is -0.426 e. The highest BCUT2D eigenvalue weighted by Gasteiger charge is 2.14. The number of esters is 1. The van der Waals surface area contributed by atoms with E-state index in [0.29, 0.717) is 0 Å². The smallest absolute Gasteiger partial charge is 0.312 e. The first kappa shape index (κ1) is 14.9. The molecular formula is C11H11ClN2O5. The fourth-order valence-electron chi connectivity index (χ4n) is 1.22. The second kappa shape index (κ2) is 6.69. The molecule has 0 saturated heterocycles. The maximum absolute atomic E-state index is 11.4. The number of nitrogens with zero attached hydrogens (tertiary/aromatic N) is 1. The van der Waals surface area contributed by atoms with Crippen LogP contribution in [0, 0.1) is 10.1 Å². The van der Waals surface area contributed by atoms with Crippen LogP contribution in [0.3, 0.4) is 0 Å². The second-order valence-electron chi connectivity index (χ2n) is 3.58. The summed E-state index contributed by atoms with van der Waals surface area (Å²) >= 11 is 5.66. The lowest BCUT2D eigenvalue weighted by atomic mass is 10.3. The number of nitro groups is 1. The van der Waals surface area contributed by atoms with E-state index >= 15 is 0 Å². The van der Waals surface area contributed by atoms with Crippen LogP contribution in [0.25, 0.3) is 0 Å². The van der Waals surface area contributed by atoms with Crippen LogP contribution in [0.15, 0.2) is 18.2 Å². The minimum absolute atomic E-state index is 0.00577. The molecule has 0 saturated carbocycles. The van der Waals surface area contributed by atoms with Gasteiger partial charge in [-0.3, -0.25) is 19.7 Å². The first-order valence-electron chi connectivity index (χ1n) is 5.29. The average molecular weight is 287 g/mol. The summed E-state index contributed by atoms with van der Waals surface area (Å²) in [5.74, 6) is -0.701. The highest BCUT2D eigenvalue weighted by molar-refractivity contribution is 6.32. The Kier molecular flexibility index (Phi) is 5.25. The van der Waals surface area contributed by atoms with Crippen LogP contribution in [0.4, 0.5) is 5.69 Å². The third-order valence-corrected chi connectivity index (χ3v) is 2.35. The molecule has 0 unspecified atom stereocenters. The van der Waals surface area contributed by atoms with Crippen molar-refractivity contribution in [2.45, 2.75) is 13.3 Å². The van der Waals surface area contributed by atoms with E-state index in [0.717, 1.165) is 6.07 Å². The monoisotopic (exact) mass is 286 g/mol. The third-order valence-electron chi connectivity index (χ3n) is 2.05. The van der Waals surface area contributed by atoms with Gasteiger partial charge in [0, 0.05) is 25.6 Å². The van der Waals surface area contributed by atoms with Crippen molar-refractivity contribution < 1.29 is 19.2 Å². The van der Waals surface area contributed by atoms with Crippen molar-refractivity contribution in [3.8, 4) is 5.75 Å². The van der Waals surface area contributed by atoms with E-state index in [9.17, 15) is 19.7 Å². The molecule has 102 valence electrons. The number of hydrogen-bond acceptors (Lipinski definition) is 5. The number of carbonyl (C=O) groups is 2. The molecule has 1 aromatic carbocycles. The van der Waals surface area contributed by atoms with Crippen LogP contribution in [0.1, 0.15) is 13.3 Å². The normalized spacial score (nSPS) is 9.79. The lowest BCUT2D eigenvalue weighted by Crippen LogP contribution is -2.24. The second-order valence-corrected chi connectivity index (χ2v) is 3.98. The zero-order chi connectivity index (χ0) is 14.4. The molecular weight excluding hydrogens is 276 g/mol. The summed E-state index contributed by atoms with van der Waals surface area (Å²) in [6, 6.07) is 3.62. The SMILES string of the molecule is CC(=O)NCCC(=O)Oc1ccc([N+](=O)[O-])c(Cl)c1. The number of rotatable bonds is 5. The highest BCUT2D eigenvalue weighted by atomic mass is 35.5. The minimum atomic E-state index is -0.634. The predicted octanol–water partition coefficient (Wildman–Crippen LogP) is 1.68. The molecule has 0 aliphatic carbocycles. The van der Waals surface area contributed by atoms with Gasteiger partial charge in [-0.1, -0.05) is 11.6 Å². The van der Waals surface area contributed by atoms with Crippen LogP contribution >= 0.6 is 11.6 Å².